The van der Waals surface area contributed by atoms with Crippen LogP contribution in [0.1, 0.15) is 40.4 Å². The monoisotopic (exact) mass is 254 g/mol. The van der Waals surface area contributed by atoms with Crippen molar-refractivity contribution in [3.05, 3.63) is 70.8 Å². The first kappa shape index (κ1) is 13.3. The Morgan fingerprint density at radius 3 is 2.32 bits per heavy atom. The van der Waals surface area contributed by atoms with E-state index in [0.29, 0.717) is 5.56 Å². The second kappa shape index (κ2) is 6.19. The highest BCUT2D eigenvalue weighted by molar-refractivity contribution is 5.87. The van der Waals surface area contributed by atoms with Crippen LogP contribution in [0.25, 0.3) is 0 Å². The van der Waals surface area contributed by atoms with Gasteiger partial charge in [-0.05, 0) is 41.7 Å². The maximum absolute atomic E-state index is 10.9. The molecule has 0 atom stereocenters. The maximum Gasteiger partial charge on any atom is 0.335 e. The van der Waals surface area contributed by atoms with Crippen LogP contribution in [0.4, 0.5) is 0 Å². The van der Waals surface area contributed by atoms with Gasteiger partial charge in [0.1, 0.15) is 0 Å². The molecule has 0 heterocycles. The van der Waals surface area contributed by atoms with Crippen molar-refractivity contribution in [1.29, 1.82) is 0 Å². The van der Waals surface area contributed by atoms with Crippen LogP contribution in [-0.4, -0.2) is 11.1 Å². The Balaban J connectivity index is 2.12. The van der Waals surface area contributed by atoms with Crippen molar-refractivity contribution in [2.75, 3.05) is 0 Å². The molecule has 2 aromatic carbocycles. The lowest BCUT2D eigenvalue weighted by Gasteiger charge is -2.05. The van der Waals surface area contributed by atoms with Crippen LogP contribution in [0, 0.1) is 0 Å². The zero-order valence-electron chi connectivity index (χ0n) is 11.1. The molecule has 2 heteroatoms. The Kier molecular flexibility index (Phi) is 4.35. The summed E-state index contributed by atoms with van der Waals surface area (Å²) in [6.07, 6.45) is 3.03. The Morgan fingerprint density at radius 2 is 1.68 bits per heavy atom. The van der Waals surface area contributed by atoms with Gasteiger partial charge in [0.25, 0.3) is 0 Å². The summed E-state index contributed by atoms with van der Waals surface area (Å²) in [6.45, 7) is 2.17. The van der Waals surface area contributed by atoms with Gasteiger partial charge in [0.2, 0.25) is 0 Å². The minimum absolute atomic E-state index is 0.347. The summed E-state index contributed by atoms with van der Waals surface area (Å²) in [5, 5.41) is 8.97. The standard InChI is InChI=1S/C17H18O2/c1-2-4-13-7-9-14(10-8-13)11-15-5-3-6-16(12-15)17(18)19/h3,5-10,12H,2,4,11H2,1H3,(H,18,19). The third kappa shape index (κ3) is 3.68. The van der Waals surface area contributed by atoms with E-state index in [9.17, 15) is 4.79 Å². The van der Waals surface area contributed by atoms with Crippen molar-refractivity contribution in [3.63, 3.8) is 0 Å². The zero-order valence-corrected chi connectivity index (χ0v) is 11.1. The number of hydrogen-bond acceptors (Lipinski definition) is 1. The molecule has 0 aromatic heterocycles. The fraction of sp³-hybridized carbons (Fsp3) is 0.235. The number of rotatable bonds is 5. The fourth-order valence-corrected chi connectivity index (χ4v) is 2.16. The first-order chi connectivity index (χ1) is 9.19. The molecule has 0 unspecified atom stereocenters. The lowest BCUT2D eigenvalue weighted by Crippen LogP contribution is -1.97. The molecule has 2 aromatic rings. The van der Waals surface area contributed by atoms with E-state index in [-0.39, 0.29) is 0 Å². The summed E-state index contributed by atoms with van der Waals surface area (Å²) in [7, 11) is 0. The molecule has 0 aliphatic carbocycles. The van der Waals surface area contributed by atoms with Crippen molar-refractivity contribution in [2.45, 2.75) is 26.2 Å². The average Bonchev–Trinajstić information content (AvgIpc) is 2.42. The van der Waals surface area contributed by atoms with Crippen LogP contribution in [0.3, 0.4) is 0 Å². The van der Waals surface area contributed by atoms with Gasteiger partial charge >= 0.3 is 5.97 Å². The SMILES string of the molecule is CCCc1ccc(Cc2cccc(C(=O)O)c2)cc1. The van der Waals surface area contributed by atoms with E-state index in [1.54, 1.807) is 18.2 Å². The summed E-state index contributed by atoms with van der Waals surface area (Å²) in [6, 6.07) is 15.7. The second-order valence-electron chi connectivity index (χ2n) is 4.75. The second-order valence-corrected chi connectivity index (χ2v) is 4.75. The van der Waals surface area contributed by atoms with Crippen LogP contribution in [0.5, 0.6) is 0 Å². The molecule has 0 saturated carbocycles. The van der Waals surface area contributed by atoms with Gasteiger partial charge in [-0.15, -0.1) is 0 Å². The van der Waals surface area contributed by atoms with Gasteiger partial charge in [-0.25, -0.2) is 4.79 Å². The van der Waals surface area contributed by atoms with Crippen molar-refractivity contribution < 1.29 is 9.90 Å². The predicted molar refractivity (Wildman–Crippen MR) is 76.6 cm³/mol. The van der Waals surface area contributed by atoms with Crippen LogP contribution < -0.4 is 0 Å². The van der Waals surface area contributed by atoms with Gasteiger partial charge in [0.05, 0.1) is 5.56 Å². The van der Waals surface area contributed by atoms with E-state index in [2.05, 4.69) is 31.2 Å². The summed E-state index contributed by atoms with van der Waals surface area (Å²) in [5.74, 6) is -0.875. The summed E-state index contributed by atoms with van der Waals surface area (Å²) >= 11 is 0. The summed E-state index contributed by atoms with van der Waals surface area (Å²) in [5.41, 5.74) is 3.94. The molecule has 0 saturated heterocycles. The van der Waals surface area contributed by atoms with E-state index in [0.717, 1.165) is 24.8 Å². The third-order valence-corrected chi connectivity index (χ3v) is 3.14. The molecule has 0 aliphatic heterocycles. The Bertz CT molecular complexity index is 556. The average molecular weight is 254 g/mol. The van der Waals surface area contributed by atoms with Crippen LogP contribution in [-0.2, 0) is 12.8 Å². The molecule has 0 spiro atoms. The molecule has 2 rings (SSSR count). The van der Waals surface area contributed by atoms with Crippen molar-refractivity contribution in [2.24, 2.45) is 0 Å². The zero-order chi connectivity index (χ0) is 13.7. The topological polar surface area (TPSA) is 37.3 Å². The van der Waals surface area contributed by atoms with E-state index in [4.69, 9.17) is 5.11 Å². The first-order valence-corrected chi connectivity index (χ1v) is 6.59. The highest BCUT2D eigenvalue weighted by Crippen LogP contribution is 2.13. The van der Waals surface area contributed by atoms with Gasteiger partial charge in [-0.1, -0.05) is 49.7 Å². The molecule has 19 heavy (non-hydrogen) atoms. The molecule has 98 valence electrons. The van der Waals surface area contributed by atoms with E-state index < -0.39 is 5.97 Å². The van der Waals surface area contributed by atoms with E-state index in [1.165, 1.54) is 11.1 Å². The summed E-state index contributed by atoms with van der Waals surface area (Å²) in [4.78, 5) is 10.9. The smallest absolute Gasteiger partial charge is 0.335 e. The Labute approximate surface area is 113 Å². The molecule has 0 aliphatic rings. The highest BCUT2D eigenvalue weighted by Gasteiger charge is 2.03. The number of benzene rings is 2. The predicted octanol–water partition coefficient (Wildman–Crippen LogP) is 3.93. The Hall–Kier alpha value is -2.09. The number of carboxylic acids is 1. The van der Waals surface area contributed by atoms with Gasteiger partial charge in [0.15, 0.2) is 0 Å². The fourth-order valence-electron chi connectivity index (χ4n) is 2.16. The third-order valence-electron chi connectivity index (χ3n) is 3.14. The highest BCUT2D eigenvalue weighted by atomic mass is 16.4. The quantitative estimate of drug-likeness (QED) is 0.877. The van der Waals surface area contributed by atoms with Gasteiger partial charge < -0.3 is 5.11 Å². The molecule has 0 amide bonds. The van der Waals surface area contributed by atoms with Crippen molar-refractivity contribution in [3.8, 4) is 0 Å². The first-order valence-electron chi connectivity index (χ1n) is 6.59. The summed E-state index contributed by atoms with van der Waals surface area (Å²) < 4.78 is 0. The van der Waals surface area contributed by atoms with E-state index >= 15 is 0 Å². The van der Waals surface area contributed by atoms with Gasteiger partial charge in [-0.3, -0.25) is 0 Å². The minimum Gasteiger partial charge on any atom is -0.478 e. The lowest BCUT2D eigenvalue weighted by atomic mass is 10.0. The molecule has 0 bridgehead atoms. The molecule has 2 nitrogen and oxygen atoms in total. The van der Waals surface area contributed by atoms with Crippen molar-refractivity contribution >= 4 is 5.97 Å². The minimum atomic E-state index is -0.875. The number of aryl methyl sites for hydroxylation is 1. The molecular formula is C17H18O2. The largest absolute Gasteiger partial charge is 0.478 e. The lowest BCUT2D eigenvalue weighted by molar-refractivity contribution is 0.0697. The molecule has 0 fully saturated rings. The number of aromatic carboxylic acids is 1. The number of carbonyl (C=O) groups is 1. The van der Waals surface area contributed by atoms with Gasteiger partial charge in [-0.2, -0.15) is 0 Å². The van der Waals surface area contributed by atoms with Crippen LogP contribution in [0.15, 0.2) is 48.5 Å². The number of hydrogen-bond donors (Lipinski definition) is 1. The van der Waals surface area contributed by atoms with Crippen LogP contribution >= 0.6 is 0 Å². The molecule has 0 radical (unpaired) electrons. The normalized spacial score (nSPS) is 10.4. The molecular weight excluding hydrogens is 236 g/mol. The Morgan fingerprint density at radius 1 is 1.00 bits per heavy atom. The van der Waals surface area contributed by atoms with E-state index in [1.807, 2.05) is 6.07 Å². The number of carboxylic acid groups (broad SMARTS) is 1. The van der Waals surface area contributed by atoms with Crippen LogP contribution in [0.2, 0.25) is 0 Å². The maximum atomic E-state index is 10.9. The molecule has 1 N–H and O–H groups in total. The van der Waals surface area contributed by atoms with Crippen molar-refractivity contribution in [1.82, 2.24) is 0 Å². The van der Waals surface area contributed by atoms with Gasteiger partial charge in [0, 0.05) is 0 Å².